The minimum absolute atomic E-state index is 0.395. The fourth-order valence-electron chi connectivity index (χ4n) is 1.29. The van der Waals surface area contributed by atoms with Crippen LogP contribution in [-0.2, 0) is 6.54 Å². The van der Waals surface area contributed by atoms with Gasteiger partial charge in [-0.2, -0.15) is 0 Å². The van der Waals surface area contributed by atoms with Gasteiger partial charge in [-0.15, -0.1) is 10.2 Å². The van der Waals surface area contributed by atoms with E-state index in [4.69, 9.17) is 8.83 Å². The highest BCUT2D eigenvalue weighted by molar-refractivity contribution is 5.50. The van der Waals surface area contributed by atoms with Gasteiger partial charge in [0.05, 0.1) is 12.1 Å². The second-order valence-corrected chi connectivity index (χ2v) is 3.98. The zero-order valence-electron chi connectivity index (χ0n) is 9.65. The largest absolute Gasteiger partial charge is 0.469 e. The van der Waals surface area contributed by atoms with Gasteiger partial charge < -0.3 is 14.2 Å². The van der Waals surface area contributed by atoms with E-state index >= 15 is 0 Å². The van der Waals surface area contributed by atoms with E-state index in [0.29, 0.717) is 24.4 Å². The second kappa shape index (κ2) is 4.49. The Balaban J connectivity index is 2.07. The molecule has 2 aromatic heterocycles. The van der Waals surface area contributed by atoms with Crippen molar-refractivity contribution in [1.29, 1.82) is 0 Å². The second-order valence-electron chi connectivity index (χ2n) is 3.98. The Labute approximate surface area is 93.9 Å². The van der Waals surface area contributed by atoms with Gasteiger partial charge in [0.1, 0.15) is 12.0 Å². The summed E-state index contributed by atoms with van der Waals surface area (Å²) < 4.78 is 10.7. The molecule has 0 radical (unpaired) electrons. The van der Waals surface area contributed by atoms with Gasteiger partial charge in [0.25, 0.3) is 5.89 Å². The molecule has 5 heteroatoms. The summed E-state index contributed by atoms with van der Waals surface area (Å²) >= 11 is 0. The van der Waals surface area contributed by atoms with Gasteiger partial charge in [-0.05, 0) is 13.0 Å². The number of furan rings is 1. The summed E-state index contributed by atoms with van der Waals surface area (Å²) in [6.45, 7) is 6.59. The first-order valence-corrected chi connectivity index (χ1v) is 5.26. The fraction of sp³-hybridized carbons (Fsp3) is 0.455. The zero-order chi connectivity index (χ0) is 11.5. The minimum atomic E-state index is 0.395. The molecule has 0 aliphatic heterocycles. The van der Waals surface area contributed by atoms with Gasteiger partial charge >= 0.3 is 0 Å². The van der Waals surface area contributed by atoms with Crippen molar-refractivity contribution in [3.63, 3.8) is 0 Å². The third-order valence-corrected chi connectivity index (χ3v) is 2.11. The molecule has 1 N–H and O–H groups in total. The van der Waals surface area contributed by atoms with Crippen LogP contribution in [0.2, 0.25) is 0 Å². The Bertz CT molecular complexity index is 459. The van der Waals surface area contributed by atoms with E-state index in [1.54, 1.807) is 6.26 Å². The maximum absolute atomic E-state index is 5.49. The van der Waals surface area contributed by atoms with Crippen LogP contribution in [0.1, 0.15) is 25.5 Å². The molecule has 2 aromatic rings. The van der Waals surface area contributed by atoms with Crippen LogP contribution in [0.4, 0.5) is 0 Å². The van der Waals surface area contributed by atoms with Crippen LogP contribution >= 0.6 is 0 Å². The highest BCUT2D eigenvalue weighted by Crippen LogP contribution is 2.20. The Morgan fingerprint density at radius 3 is 2.81 bits per heavy atom. The summed E-state index contributed by atoms with van der Waals surface area (Å²) in [5, 5.41) is 11.1. The Hall–Kier alpha value is -1.62. The van der Waals surface area contributed by atoms with Crippen LogP contribution in [0.25, 0.3) is 11.5 Å². The Morgan fingerprint density at radius 1 is 1.38 bits per heavy atom. The first kappa shape index (κ1) is 10.9. The van der Waals surface area contributed by atoms with Crippen LogP contribution in [-0.4, -0.2) is 16.2 Å². The lowest BCUT2D eigenvalue weighted by atomic mass is 10.3. The predicted molar refractivity (Wildman–Crippen MR) is 58.7 cm³/mol. The van der Waals surface area contributed by atoms with Gasteiger partial charge in [-0.25, -0.2) is 0 Å². The van der Waals surface area contributed by atoms with Crippen LogP contribution in [0.3, 0.4) is 0 Å². The van der Waals surface area contributed by atoms with Crippen LogP contribution in [0, 0.1) is 6.92 Å². The van der Waals surface area contributed by atoms with Gasteiger partial charge in [0, 0.05) is 6.04 Å². The van der Waals surface area contributed by atoms with Gasteiger partial charge in [-0.3, -0.25) is 0 Å². The Kier molecular flexibility index (Phi) is 3.05. The SMILES string of the molecule is Cc1cc(-c2nnc(CNC(C)C)o2)co1. The van der Waals surface area contributed by atoms with E-state index in [1.807, 2.05) is 13.0 Å². The average Bonchev–Trinajstić information content (AvgIpc) is 2.83. The fourth-order valence-corrected chi connectivity index (χ4v) is 1.29. The number of nitrogens with zero attached hydrogens (tertiary/aromatic N) is 2. The number of aromatic nitrogens is 2. The third kappa shape index (κ3) is 2.49. The van der Waals surface area contributed by atoms with E-state index in [1.165, 1.54) is 0 Å². The molecule has 0 saturated heterocycles. The molecular formula is C11H15N3O2. The Morgan fingerprint density at radius 2 is 2.19 bits per heavy atom. The zero-order valence-corrected chi connectivity index (χ0v) is 9.65. The summed E-state index contributed by atoms with van der Waals surface area (Å²) in [5.74, 6) is 1.91. The molecule has 0 atom stereocenters. The van der Waals surface area contributed by atoms with Crippen molar-refractivity contribution in [2.24, 2.45) is 0 Å². The van der Waals surface area contributed by atoms with Crippen molar-refractivity contribution in [3.05, 3.63) is 24.0 Å². The normalized spacial score (nSPS) is 11.2. The number of hydrogen-bond acceptors (Lipinski definition) is 5. The molecule has 2 rings (SSSR count). The van der Waals surface area contributed by atoms with Crippen molar-refractivity contribution in [2.45, 2.75) is 33.4 Å². The molecule has 0 spiro atoms. The summed E-state index contributed by atoms with van der Waals surface area (Å²) in [7, 11) is 0. The topological polar surface area (TPSA) is 64.1 Å². The highest BCUT2D eigenvalue weighted by atomic mass is 16.4. The number of nitrogens with one attached hydrogen (secondary N) is 1. The molecule has 0 bridgehead atoms. The minimum Gasteiger partial charge on any atom is -0.469 e. The molecule has 0 aliphatic rings. The summed E-state index contributed by atoms with van der Waals surface area (Å²) in [5.41, 5.74) is 0.820. The maximum Gasteiger partial charge on any atom is 0.251 e. The first-order chi connectivity index (χ1) is 7.65. The molecular weight excluding hydrogens is 206 g/mol. The molecule has 16 heavy (non-hydrogen) atoms. The van der Waals surface area contributed by atoms with E-state index in [-0.39, 0.29) is 0 Å². The van der Waals surface area contributed by atoms with Crippen molar-refractivity contribution in [2.75, 3.05) is 0 Å². The molecule has 0 unspecified atom stereocenters. The lowest BCUT2D eigenvalue weighted by molar-refractivity contribution is 0.458. The molecule has 5 nitrogen and oxygen atoms in total. The standard InChI is InChI=1S/C11H15N3O2/c1-7(2)12-5-10-13-14-11(16-10)9-4-8(3)15-6-9/h4,6-7,12H,5H2,1-3H3. The van der Waals surface area contributed by atoms with Gasteiger partial charge in [0.2, 0.25) is 5.89 Å². The van der Waals surface area contributed by atoms with E-state index in [0.717, 1.165) is 11.3 Å². The van der Waals surface area contributed by atoms with Gasteiger partial charge in [-0.1, -0.05) is 13.8 Å². The predicted octanol–water partition coefficient (Wildman–Crippen LogP) is 2.14. The molecule has 0 aromatic carbocycles. The van der Waals surface area contributed by atoms with Crippen molar-refractivity contribution >= 4 is 0 Å². The number of aryl methyl sites for hydroxylation is 1. The summed E-state index contributed by atoms with van der Waals surface area (Å²) in [6.07, 6.45) is 1.61. The van der Waals surface area contributed by atoms with Crippen LogP contribution < -0.4 is 5.32 Å². The van der Waals surface area contributed by atoms with Crippen molar-refractivity contribution in [1.82, 2.24) is 15.5 Å². The van der Waals surface area contributed by atoms with E-state index in [9.17, 15) is 0 Å². The molecule has 2 heterocycles. The third-order valence-electron chi connectivity index (χ3n) is 2.11. The molecule has 0 amide bonds. The number of hydrogen-bond donors (Lipinski definition) is 1. The highest BCUT2D eigenvalue weighted by Gasteiger charge is 2.10. The van der Waals surface area contributed by atoms with Crippen molar-refractivity contribution < 1.29 is 8.83 Å². The van der Waals surface area contributed by atoms with E-state index in [2.05, 4.69) is 29.4 Å². The van der Waals surface area contributed by atoms with Gasteiger partial charge in [0.15, 0.2) is 0 Å². The van der Waals surface area contributed by atoms with Crippen LogP contribution in [0.15, 0.2) is 21.2 Å². The molecule has 0 fully saturated rings. The molecule has 0 aliphatic carbocycles. The van der Waals surface area contributed by atoms with E-state index < -0.39 is 0 Å². The maximum atomic E-state index is 5.49. The smallest absolute Gasteiger partial charge is 0.251 e. The average molecular weight is 221 g/mol. The number of rotatable bonds is 4. The molecule has 0 saturated carbocycles. The quantitative estimate of drug-likeness (QED) is 0.856. The monoisotopic (exact) mass is 221 g/mol. The molecule has 86 valence electrons. The van der Waals surface area contributed by atoms with Crippen LogP contribution in [0.5, 0.6) is 0 Å². The lowest BCUT2D eigenvalue weighted by Crippen LogP contribution is -2.21. The lowest BCUT2D eigenvalue weighted by Gasteiger charge is -2.03. The van der Waals surface area contributed by atoms with Crippen molar-refractivity contribution in [3.8, 4) is 11.5 Å². The summed E-state index contributed by atoms with van der Waals surface area (Å²) in [6, 6.07) is 2.26. The first-order valence-electron chi connectivity index (χ1n) is 5.26. The summed E-state index contributed by atoms with van der Waals surface area (Å²) in [4.78, 5) is 0.